The number of carbonyl (C=O) groups is 2. The van der Waals surface area contributed by atoms with Crippen molar-refractivity contribution in [3.8, 4) is 0 Å². The minimum atomic E-state index is -0.836. The molecular weight excluding hydrogens is 312 g/mol. The van der Waals surface area contributed by atoms with E-state index in [9.17, 15) is 9.59 Å². The summed E-state index contributed by atoms with van der Waals surface area (Å²) in [5.41, 5.74) is 0. The molecule has 0 atom stereocenters. The Bertz CT molecular complexity index is 180. The van der Waals surface area contributed by atoms with Crippen LogP contribution in [0.4, 0.5) is 0 Å². The fraction of sp³-hybridized carbons (Fsp3) is 0.714. The van der Waals surface area contributed by atoms with Gasteiger partial charge >= 0.3 is 21.7 Å². The quantitative estimate of drug-likeness (QED) is 0.460. The Balaban J connectivity index is -0.0000000544. The second-order valence-electron chi connectivity index (χ2n) is 4.09. The summed E-state index contributed by atoms with van der Waals surface area (Å²) in [4.78, 5) is 19.1. The molecule has 4 N–H and O–H groups in total. The van der Waals surface area contributed by atoms with Gasteiger partial charge in [-0.05, 0) is 27.7 Å². The standard InChI is InChI=1S/2C4H7O2.2C3H8O.Ti/c2*1-2-3-4(5)6;2*1-3(2)4;/h2*3H,2H2,1H3,(H,5,6);2*3-4H,1-2H3;/q2*-1;;;+2. The van der Waals surface area contributed by atoms with E-state index in [0.717, 1.165) is 0 Å². The molecule has 0 rings (SSSR count). The Morgan fingerprint density at radius 2 is 0.952 bits per heavy atom. The van der Waals surface area contributed by atoms with E-state index in [-0.39, 0.29) is 33.9 Å². The van der Waals surface area contributed by atoms with Crippen molar-refractivity contribution < 1.29 is 51.7 Å². The van der Waals surface area contributed by atoms with Gasteiger partial charge in [0.05, 0.1) is 0 Å². The van der Waals surface area contributed by atoms with E-state index in [4.69, 9.17) is 20.4 Å². The van der Waals surface area contributed by atoms with Gasteiger partial charge in [-0.15, -0.1) is 0 Å². The zero-order valence-corrected chi connectivity index (χ0v) is 15.4. The molecule has 0 saturated heterocycles. The summed E-state index contributed by atoms with van der Waals surface area (Å²) >= 11 is 0. The number of carboxylic acid groups (broad SMARTS) is 2. The third-order valence-corrected chi connectivity index (χ3v) is 0.757. The summed E-state index contributed by atoms with van der Waals surface area (Å²) in [6.07, 6.45) is 3.30. The molecule has 0 saturated carbocycles. The van der Waals surface area contributed by atoms with Crippen LogP contribution in [0.3, 0.4) is 0 Å². The first-order chi connectivity index (χ1) is 9.00. The van der Waals surface area contributed by atoms with Gasteiger partial charge in [0.25, 0.3) is 0 Å². The van der Waals surface area contributed by atoms with Gasteiger partial charge < -0.3 is 20.4 Å². The molecule has 0 fully saturated rings. The van der Waals surface area contributed by atoms with Crippen molar-refractivity contribution in [2.24, 2.45) is 0 Å². The summed E-state index contributed by atoms with van der Waals surface area (Å²) in [6, 6.07) is 0. The van der Waals surface area contributed by atoms with Crippen LogP contribution in [0.1, 0.15) is 54.4 Å². The summed E-state index contributed by atoms with van der Waals surface area (Å²) in [5, 5.41) is 31.8. The van der Waals surface area contributed by atoms with Crippen molar-refractivity contribution in [3.63, 3.8) is 0 Å². The van der Waals surface area contributed by atoms with Gasteiger partial charge in [-0.2, -0.15) is 12.8 Å². The van der Waals surface area contributed by atoms with Gasteiger partial charge in [0, 0.05) is 12.2 Å². The largest absolute Gasteiger partial charge is 2.00 e. The Kier molecular flexibility index (Phi) is 42.5. The number of aliphatic hydroxyl groups excluding tert-OH is 2. The molecule has 0 aliphatic rings. The van der Waals surface area contributed by atoms with Crippen LogP contribution in [-0.4, -0.2) is 44.6 Å². The summed E-state index contributed by atoms with van der Waals surface area (Å²) in [5.74, 6) is -1.67. The molecule has 0 aromatic heterocycles. The van der Waals surface area contributed by atoms with Crippen LogP contribution < -0.4 is 0 Å². The van der Waals surface area contributed by atoms with E-state index in [2.05, 4.69) is 0 Å². The Labute approximate surface area is 143 Å². The zero-order valence-electron chi connectivity index (χ0n) is 13.8. The van der Waals surface area contributed by atoms with Crippen molar-refractivity contribution in [1.29, 1.82) is 0 Å². The second-order valence-corrected chi connectivity index (χ2v) is 4.09. The SMILES string of the molecule is CC(C)O.CC(C)O.CC[CH-]C(=O)O.CC[CH-]C(=O)O.[Ti+2]. The van der Waals surface area contributed by atoms with Gasteiger partial charge in [0.1, 0.15) is 0 Å². The molecule has 0 aliphatic heterocycles. The molecule has 21 heavy (non-hydrogen) atoms. The number of hydrogen-bond acceptors (Lipinski definition) is 4. The fourth-order valence-corrected chi connectivity index (χ4v) is 0.349. The molecule has 0 unspecified atom stereocenters. The number of hydrogen-bond donors (Lipinski definition) is 4. The minimum absolute atomic E-state index is 0. The van der Waals surface area contributed by atoms with Crippen LogP contribution in [0.15, 0.2) is 0 Å². The molecule has 0 aliphatic carbocycles. The van der Waals surface area contributed by atoms with E-state index in [1.165, 1.54) is 12.8 Å². The molecule has 0 amide bonds. The molecular formula is C14H30O6Ti. The molecule has 0 bridgehead atoms. The summed E-state index contributed by atoms with van der Waals surface area (Å²) in [6.45, 7) is 10.5. The van der Waals surface area contributed by atoms with Crippen LogP contribution in [0.5, 0.6) is 0 Å². The van der Waals surface area contributed by atoms with E-state index >= 15 is 0 Å². The van der Waals surface area contributed by atoms with Crippen LogP contribution >= 0.6 is 0 Å². The van der Waals surface area contributed by atoms with Crippen molar-refractivity contribution >= 4 is 11.9 Å². The summed E-state index contributed by atoms with van der Waals surface area (Å²) in [7, 11) is 0. The smallest absolute Gasteiger partial charge is 0.503 e. The van der Waals surface area contributed by atoms with Crippen molar-refractivity contribution in [1.82, 2.24) is 0 Å². The van der Waals surface area contributed by atoms with E-state index < -0.39 is 11.9 Å². The number of aliphatic carboxylic acids is 2. The first kappa shape index (κ1) is 32.3. The second kappa shape index (κ2) is 27.6. The van der Waals surface area contributed by atoms with Gasteiger partial charge in [-0.25, -0.2) is 0 Å². The molecule has 0 aromatic rings. The number of carboxylic acids is 2. The molecule has 6 nitrogen and oxygen atoms in total. The normalized spacial score (nSPS) is 7.71. The minimum Gasteiger partial charge on any atom is -0.503 e. The fourth-order valence-electron chi connectivity index (χ4n) is 0.349. The van der Waals surface area contributed by atoms with Gasteiger partial charge in [0.2, 0.25) is 0 Å². The zero-order chi connectivity index (χ0) is 17.1. The third kappa shape index (κ3) is 205. The van der Waals surface area contributed by atoms with Crippen LogP contribution in [0.25, 0.3) is 0 Å². The first-order valence-electron chi connectivity index (χ1n) is 6.49. The first-order valence-corrected chi connectivity index (χ1v) is 6.49. The molecule has 0 spiro atoms. The van der Waals surface area contributed by atoms with Crippen LogP contribution in [0, 0.1) is 12.8 Å². The maximum atomic E-state index is 9.54. The van der Waals surface area contributed by atoms with Crippen molar-refractivity contribution in [2.45, 2.75) is 66.6 Å². The van der Waals surface area contributed by atoms with E-state index in [1.54, 1.807) is 41.5 Å². The monoisotopic (exact) mass is 342 g/mol. The van der Waals surface area contributed by atoms with Gasteiger partial charge in [0.15, 0.2) is 11.9 Å². The predicted molar refractivity (Wildman–Crippen MR) is 79.2 cm³/mol. The van der Waals surface area contributed by atoms with Crippen LogP contribution in [-0.2, 0) is 31.3 Å². The molecule has 126 valence electrons. The number of rotatable bonds is 4. The van der Waals surface area contributed by atoms with E-state index in [1.807, 2.05) is 0 Å². The topological polar surface area (TPSA) is 115 Å². The third-order valence-electron chi connectivity index (χ3n) is 0.757. The van der Waals surface area contributed by atoms with Crippen LogP contribution in [0.2, 0.25) is 0 Å². The summed E-state index contributed by atoms with van der Waals surface area (Å²) < 4.78 is 0. The average molecular weight is 342 g/mol. The Hall–Kier alpha value is -0.686. The molecule has 0 aromatic carbocycles. The molecule has 0 heterocycles. The van der Waals surface area contributed by atoms with Gasteiger partial charge in [-0.3, -0.25) is 22.4 Å². The Morgan fingerprint density at radius 1 is 0.810 bits per heavy atom. The van der Waals surface area contributed by atoms with Crippen molar-refractivity contribution in [2.75, 3.05) is 0 Å². The molecule has 0 radical (unpaired) electrons. The average Bonchev–Trinajstić information content (AvgIpc) is 2.15. The Morgan fingerprint density at radius 3 is 0.952 bits per heavy atom. The van der Waals surface area contributed by atoms with E-state index in [0.29, 0.717) is 12.8 Å². The maximum Gasteiger partial charge on any atom is 2.00 e. The maximum absolute atomic E-state index is 9.54. The van der Waals surface area contributed by atoms with Crippen molar-refractivity contribution in [3.05, 3.63) is 12.8 Å². The molecule has 7 heteroatoms. The van der Waals surface area contributed by atoms with Gasteiger partial charge in [-0.1, -0.05) is 13.8 Å². The number of aliphatic hydroxyl groups is 2. The predicted octanol–water partition coefficient (Wildman–Crippen LogP) is 2.14.